The lowest BCUT2D eigenvalue weighted by molar-refractivity contribution is 0.178. The third kappa shape index (κ3) is 4.09. The number of hydrazine groups is 1. The molecule has 0 radical (unpaired) electrons. The van der Waals surface area contributed by atoms with E-state index in [1.165, 1.54) is 6.33 Å². The Labute approximate surface area is 148 Å². The monoisotopic (exact) mass is 343 g/mol. The Morgan fingerprint density at radius 3 is 2.56 bits per heavy atom. The number of ether oxygens (including phenoxy) is 1. The van der Waals surface area contributed by atoms with Crippen LogP contribution in [0.15, 0.2) is 24.5 Å². The Balaban J connectivity index is 1.78. The summed E-state index contributed by atoms with van der Waals surface area (Å²) in [6.07, 6.45) is 1.50. The number of anilines is 4. The van der Waals surface area contributed by atoms with E-state index in [0.29, 0.717) is 17.3 Å². The van der Waals surface area contributed by atoms with Crippen LogP contribution in [0.3, 0.4) is 0 Å². The molecule has 0 bridgehead atoms. The maximum absolute atomic E-state index is 6.28. The van der Waals surface area contributed by atoms with E-state index < -0.39 is 0 Å². The number of nitrogens with one attached hydrogen (secondary N) is 2. The SMILES string of the molecule is COc1ccc(C)cc1Nc1ncnc(NN2CCN(C)CC2)c1N. The van der Waals surface area contributed by atoms with E-state index in [1.54, 1.807) is 7.11 Å². The predicted octanol–water partition coefficient (Wildman–Crippen LogP) is 1.69. The van der Waals surface area contributed by atoms with Crippen molar-refractivity contribution in [1.82, 2.24) is 19.9 Å². The summed E-state index contributed by atoms with van der Waals surface area (Å²) in [4.78, 5) is 10.8. The second-order valence-corrected chi connectivity index (χ2v) is 6.22. The zero-order valence-corrected chi connectivity index (χ0v) is 14.9. The number of hydrogen-bond acceptors (Lipinski definition) is 8. The van der Waals surface area contributed by atoms with E-state index in [1.807, 2.05) is 25.1 Å². The lowest BCUT2D eigenvalue weighted by Gasteiger charge is -2.33. The van der Waals surface area contributed by atoms with E-state index >= 15 is 0 Å². The quantitative estimate of drug-likeness (QED) is 0.755. The fraction of sp³-hybridized carbons (Fsp3) is 0.412. The van der Waals surface area contributed by atoms with Gasteiger partial charge in [-0.15, -0.1) is 0 Å². The van der Waals surface area contributed by atoms with Crippen molar-refractivity contribution >= 4 is 23.0 Å². The standard InChI is InChI=1S/C17H25N7O/c1-12-4-5-14(25-3)13(10-12)21-16-15(18)17(20-11-19-16)22-24-8-6-23(2)7-9-24/h4-5,10-11H,6-9,18H2,1-3H3,(H2,19,20,21,22). The molecule has 3 rings (SSSR count). The van der Waals surface area contributed by atoms with E-state index in [4.69, 9.17) is 10.5 Å². The average molecular weight is 343 g/mol. The van der Waals surface area contributed by atoms with Gasteiger partial charge in [-0.1, -0.05) is 6.07 Å². The normalized spacial score (nSPS) is 15.8. The number of likely N-dealkylation sites (N-methyl/N-ethyl adjacent to an activating group) is 1. The number of nitrogens with zero attached hydrogens (tertiary/aromatic N) is 4. The maximum Gasteiger partial charge on any atom is 0.169 e. The first-order valence-electron chi connectivity index (χ1n) is 8.29. The van der Waals surface area contributed by atoms with Crippen LogP contribution in [0, 0.1) is 6.92 Å². The molecular formula is C17H25N7O. The van der Waals surface area contributed by atoms with Gasteiger partial charge in [0.15, 0.2) is 11.6 Å². The van der Waals surface area contributed by atoms with E-state index in [9.17, 15) is 0 Å². The molecule has 1 saturated heterocycles. The van der Waals surface area contributed by atoms with Gasteiger partial charge in [0.1, 0.15) is 17.8 Å². The van der Waals surface area contributed by atoms with Gasteiger partial charge in [-0.3, -0.25) is 0 Å². The van der Waals surface area contributed by atoms with Crippen molar-refractivity contribution in [2.45, 2.75) is 6.92 Å². The lowest BCUT2D eigenvalue weighted by Crippen LogP contribution is -2.47. The summed E-state index contributed by atoms with van der Waals surface area (Å²) in [5.74, 6) is 1.89. The molecule has 1 aromatic heterocycles. The van der Waals surface area contributed by atoms with Crippen LogP contribution in [-0.2, 0) is 0 Å². The highest BCUT2D eigenvalue weighted by atomic mass is 16.5. The smallest absolute Gasteiger partial charge is 0.169 e. The number of piperazine rings is 1. The molecule has 25 heavy (non-hydrogen) atoms. The molecule has 0 aliphatic carbocycles. The van der Waals surface area contributed by atoms with Crippen molar-refractivity contribution in [3.63, 3.8) is 0 Å². The lowest BCUT2D eigenvalue weighted by atomic mass is 10.2. The molecule has 0 amide bonds. The molecule has 1 aliphatic heterocycles. The van der Waals surface area contributed by atoms with Gasteiger partial charge in [0.2, 0.25) is 0 Å². The number of benzene rings is 1. The molecule has 4 N–H and O–H groups in total. The van der Waals surface area contributed by atoms with Crippen molar-refractivity contribution in [2.75, 3.05) is 56.8 Å². The summed E-state index contributed by atoms with van der Waals surface area (Å²) >= 11 is 0. The van der Waals surface area contributed by atoms with Gasteiger partial charge in [0.25, 0.3) is 0 Å². The predicted molar refractivity (Wildman–Crippen MR) is 100 cm³/mol. The van der Waals surface area contributed by atoms with Crippen LogP contribution in [0.5, 0.6) is 5.75 Å². The molecule has 1 aromatic carbocycles. The highest BCUT2D eigenvalue weighted by Crippen LogP contribution is 2.31. The Bertz CT molecular complexity index is 729. The largest absolute Gasteiger partial charge is 0.495 e. The molecule has 8 nitrogen and oxygen atoms in total. The van der Waals surface area contributed by atoms with E-state index in [0.717, 1.165) is 43.2 Å². The van der Waals surface area contributed by atoms with Crippen LogP contribution in [0.2, 0.25) is 0 Å². The van der Waals surface area contributed by atoms with Crippen LogP contribution in [0.4, 0.5) is 23.0 Å². The number of hydrogen-bond donors (Lipinski definition) is 3. The minimum atomic E-state index is 0.477. The number of rotatable bonds is 5. The van der Waals surface area contributed by atoms with Crippen LogP contribution in [0.1, 0.15) is 5.56 Å². The molecular weight excluding hydrogens is 318 g/mol. The van der Waals surface area contributed by atoms with Crippen molar-refractivity contribution in [1.29, 1.82) is 0 Å². The van der Waals surface area contributed by atoms with Gasteiger partial charge in [-0.2, -0.15) is 0 Å². The topological polar surface area (TPSA) is 91.6 Å². The first-order chi connectivity index (χ1) is 12.1. The Hall–Kier alpha value is -2.58. The number of nitrogen functional groups attached to an aromatic ring is 1. The number of aromatic nitrogens is 2. The molecule has 1 fully saturated rings. The first kappa shape index (κ1) is 17.2. The number of methoxy groups -OCH3 is 1. The van der Waals surface area contributed by atoms with Gasteiger partial charge >= 0.3 is 0 Å². The molecule has 0 unspecified atom stereocenters. The Morgan fingerprint density at radius 1 is 1.12 bits per heavy atom. The highest BCUT2D eigenvalue weighted by molar-refractivity contribution is 5.79. The van der Waals surface area contributed by atoms with Crippen LogP contribution >= 0.6 is 0 Å². The second kappa shape index (κ2) is 7.54. The number of nitrogens with two attached hydrogens (primary N) is 1. The number of aryl methyl sites for hydroxylation is 1. The minimum absolute atomic E-state index is 0.477. The molecule has 134 valence electrons. The fourth-order valence-electron chi connectivity index (χ4n) is 2.70. The molecule has 2 heterocycles. The van der Waals surface area contributed by atoms with Crippen LogP contribution < -0.4 is 21.2 Å². The Morgan fingerprint density at radius 2 is 1.84 bits per heavy atom. The van der Waals surface area contributed by atoms with Crippen molar-refractivity contribution in [3.05, 3.63) is 30.1 Å². The summed E-state index contributed by atoms with van der Waals surface area (Å²) < 4.78 is 5.40. The van der Waals surface area contributed by atoms with Crippen molar-refractivity contribution < 1.29 is 4.74 Å². The second-order valence-electron chi connectivity index (χ2n) is 6.22. The van der Waals surface area contributed by atoms with Gasteiger partial charge < -0.3 is 26.1 Å². The molecule has 2 aromatic rings. The zero-order valence-electron chi connectivity index (χ0n) is 14.9. The van der Waals surface area contributed by atoms with Crippen LogP contribution in [0.25, 0.3) is 0 Å². The van der Waals surface area contributed by atoms with Crippen molar-refractivity contribution in [2.24, 2.45) is 0 Å². The molecule has 8 heteroatoms. The molecule has 0 atom stereocenters. The fourth-order valence-corrected chi connectivity index (χ4v) is 2.70. The minimum Gasteiger partial charge on any atom is -0.495 e. The third-order valence-corrected chi connectivity index (χ3v) is 4.26. The Kier molecular flexibility index (Phi) is 5.20. The summed E-state index contributed by atoms with van der Waals surface area (Å²) in [5.41, 5.74) is 12.0. The van der Waals surface area contributed by atoms with Gasteiger partial charge in [0, 0.05) is 26.2 Å². The molecule has 1 aliphatic rings. The van der Waals surface area contributed by atoms with Crippen molar-refractivity contribution in [3.8, 4) is 5.75 Å². The van der Waals surface area contributed by atoms with Gasteiger partial charge in [-0.25, -0.2) is 15.0 Å². The van der Waals surface area contributed by atoms with E-state index in [-0.39, 0.29) is 0 Å². The first-order valence-corrected chi connectivity index (χ1v) is 8.29. The summed E-state index contributed by atoms with van der Waals surface area (Å²) in [7, 11) is 3.76. The summed E-state index contributed by atoms with van der Waals surface area (Å²) in [6.45, 7) is 5.85. The highest BCUT2D eigenvalue weighted by Gasteiger charge is 2.17. The van der Waals surface area contributed by atoms with E-state index in [2.05, 4.69) is 37.7 Å². The maximum atomic E-state index is 6.28. The zero-order chi connectivity index (χ0) is 17.8. The third-order valence-electron chi connectivity index (χ3n) is 4.26. The van der Waals surface area contributed by atoms with Crippen LogP contribution in [-0.4, -0.2) is 60.2 Å². The average Bonchev–Trinajstić information content (AvgIpc) is 2.60. The molecule has 0 spiro atoms. The molecule has 0 saturated carbocycles. The summed E-state index contributed by atoms with van der Waals surface area (Å²) in [6, 6.07) is 5.90. The summed E-state index contributed by atoms with van der Waals surface area (Å²) in [5, 5.41) is 5.37. The van der Waals surface area contributed by atoms with Gasteiger partial charge in [-0.05, 0) is 31.7 Å². The van der Waals surface area contributed by atoms with Gasteiger partial charge in [0.05, 0.1) is 12.8 Å².